The van der Waals surface area contributed by atoms with Crippen molar-refractivity contribution in [2.45, 2.75) is 43.9 Å². The molecular formula is C20H21F3O2. The molecule has 0 radical (unpaired) electrons. The average molecular weight is 350 g/mol. The molecule has 0 spiro atoms. The highest BCUT2D eigenvalue weighted by atomic mass is 19.4. The molecule has 2 aliphatic rings. The van der Waals surface area contributed by atoms with Crippen LogP contribution in [-0.4, -0.2) is 18.4 Å². The van der Waals surface area contributed by atoms with Crippen molar-refractivity contribution in [3.05, 3.63) is 64.7 Å². The van der Waals surface area contributed by atoms with Crippen molar-refractivity contribution in [1.29, 1.82) is 0 Å². The van der Waals surface area contributed by atoms with E-state index in [4.69, 9.17) is 4.74 Å². The third-order valence-electron chi connectivity index (χ3n) is 4.99. The number of benzene rings is 2. The first-order chi connectivity index (χ1) is 11.8. The second kappa shape index (κ2) is 6.71. The van der Waals surface area contributed by atoms with Crippen LogP contribution in [0.3, 0.4) is 0 Å². The van der Waals surface area contributed by atoms with Crippen molar-refractivity contribution in [1.82, 2.24) is 0 Å². The van der Waals surface area contributed by atoms with Gasteiger partial charge in [-0.1, -0.05) is 30.3 Å². The zero-order valence-electron chi connectivity index (χ0n) is 14.1. The van der Waals surface area contributed by atoms with Gasteiger partial charge < -0.3 is 9.84 Å². The van der Waals surface area contributed by atoms with Gasteiger partial charge in [-0.15, -0.1) is 0 Å². The minimum absolute atomic E-state index is 0.0548. The van der Waals surface area contributed by atoms with Crippen LogP contribution in [0.4, 0.5) is 13.2 Å². The van der Waals surface area contributed by atoms with E-state index in [1.54, 1.807) is 17.2 Å². The van der Waals surface area contributed by atoms with Gasteiger partial charge in [0.2, 0.25) is 0 Å². The molecule has 134 valence electrons. The van der Waals surface area contributed by atoms with Crippen LogP contribution in [-0.2, 0) is 24.9 Å². The summed E-state index contributed by atoms with van der Waals surface area (Å²) < 4.78 is 43.1. The number of aliphatic hydroxyl groups is 1. The van der Waals surface area contributed by atoms with Crippen LogP contribution in [0.2, 0.25) is 0 Å². The molecule has 0 fully saturated rings. The lowest BCUT2D eigenvalue weighted by Gasteiger charge is -2.26. The van der Waals surface area contributed by atoms with Crippen molar-refractivity contribution in [3.8, 4) is 5.75 Å². The van der Waals surface area contributed by atoms with Crippen molar-refractivity contribution in [3.63, 3.8) is 0 Å². The Bertz CT molecular complexity index is 732. The number of halogens is 3. The fraction of sp³-hybridized carbons (Fsp3) is 0.400. The first-order valence-corrected chi connectivity index (χ1v) is 8.38. The summed E-state index contributed by atoms with van der Waals surface area (Å²) in [6.45, 7) is 0. The third-order valence-corrected chi connectivity index (χ3v) is 4.99. The Balaban J connectivity index is 0.000000170. The van der Waals surface area contributed by atoms with Crippen molar-refractivity contribution >= 4 is 0 Å². The maximum absolute atomic E-state index is 12.7. The Morgan fingerprint density at radius 1 is 0.960 bits per heavy atom. The van der Waals surface area contributed by atoms with E-state index in [0.717, 1.165) is 0 Å². The van der Waals surface area contributed by atoms with Crippen LogP contribution < -0.4 is 4.74 Å². The normalized spacial score (nSPS) is 21.2. The van der Waals surface area contributed by atoms with Crippen molar-refractivity contribution in [2.24, 2.45) is 0 Å². The molecule has 0 aliphatic heterocycles. The van der Waals surface area contributed by atoms with E-state index in [9.17, 15) is 18.3 Å². The summed E-state index contributed by atoms with van der Waals surface area (Å²) in [5, 5.41) is 9.68. The molecule has 0 aromatic heterocycles. The topological polar surface area (TPSA) is 29.5 Å². The Hall–Kier alpha value is -2.01. The van der Waals surface area contributed by atoms with Crippen molar-refractivity contribution < 1.29 is 23.0 Å². The van der Waals surface area contributed by atoms with Crippen LogP contribution in [0.1, 0.15) is 35.1 Å². The average Bonchev–Trinajstić information content (AvgIpc) is 3.20. The molecule has 25 heavy (non-hydrogen) atoms. The Morgan fingerprint density at radius 2 is 1.60 bits per heavy atom. The molecule has 0 heterocycles. The molecule has 1 atom stereocenters. The second-order valence-corrected chi connectivity index (χ2v) is 6.50. The summed E-state index contributed by atoms with van der Waals surface area (Å²) in [4.78, 5) is 0. The maximum Gasteiger partial charge on any atom is 0.421 e. The van der Waals surface area contributed by atoms with Crippen LogP contribution in [0.15, 0.2) is 42.5 Å². The molecular weight excluding hydrogens is 329 g/mol. The van der Waals surface area contributed by atoms with Gasteiger partial charge in [-0.2, -0.15) is 13.2 Å². The van der Waals surface area contributed by atoms with E-state index in [-0.39, 0.29) is 18.4 Å². The summed E-state index contributed by atoms with van der Waals surface area (Å²) in [7, 11) is 1.45. The number of alkyl halides is 3. The summed E-state index contributed by atoms with van der Waals surface area (Å²) in [6.07, 6.45) is -0.778. The van der Waals surface area contributed by atoms with Gasteiger partial charge in [-0.25, -0.2) is 0 Å². The van der Waals surface area contributed by atoms with Gasteiger partial charge in [-0.3, -0.25) is 0 Å². The van der Waals surface area contributed by atoms with Gasteiger partial charge in [0.15, 0.2) is 5.60 Å². The highest BCUT2D eigenvalue weighted by Gasteiger charge is 2.57. The predicted octanol–water partition coefficient (Wildman–Crippen LogP) is 4.57. The lowest BCUT2D eigenvalue weighted by molar-refractivity contribution is -0.265. The fourth-order valence-corrected chi connectivity index (χ4v) is 3.57. The van der Waals surface area contributed by atoms with E-state index < -0.39 is 11.8 Å². The first-order valence-electron chi connectivity index (χ1n) is 8.38. The molecule has 2 aliphatic carbocycles. The summed E-state index contributed by atoms with van der Waals surface area (Å²) in [6, 6.07) is 13.0. The number of hydrogen-bond donors (Lipinski definition) is 1. The highest BCUT2D eigenvalue weighted by Crippen LogP contribution is 2.48. The van der Waals surface area contributed by atoms with Crippen LogP contribution in [0.25, 0.3) is 0 Å². The lowest BCUT2D eigenvalue weighted by atomic mass is 9.95. The second-order valence-electron chi connectivity index (χ2n) is 6.50. The maximum atomic E-state index is 12.7. The number of rotatable bonds is 1. The van der Waals surface area contributed by atoms with Gasteiger partial charge in [0.25, 0.3) is 0 Å². The highest BCUT2D eigenvalue weighted by molar-refractivity contribution is 5.43. The van der Waals surface area contributed by atoms with E-state index in [2.05, 4.69) is 24.3 Å². The minimum atomic E-state index is -4.63. The largest absolute Gasteiger partial charge is 0.497 e. The van der Waals surface area contributed by atoms with Gasteiger partial charge in [0, 0.05) is 0 Å². The van der Waals surface area contributed by atoms with Crippen molar-refractivity contribution in [2.75, 3.05) is 7.11 Å². The quantitative estimate of drug-likeness (QED) is 0.817. The van der Waals surface area contributed by atoms with Crippen LogP contribution in [0, 0.1) is 0 Å². The molecule has 2 aromatic rings. The molecule has 1 N–H and O–H groups in total. The fourth-order valence-electron chi connectivity index (χ4n) is 3.57. The van der Waals surface area contributed by atoms with Crippen LogP contribution in [0.5, 0.6) is 5.75 Å². The van der Waals surface area contributed by atoms with E-state index in [1.807, 2.05) is 0 Å². The number of fused-ring (bicyclic) bond motifs is 2. The Morgan fingerprint density at radius 3 is 2.16 bits per heavy atom. The first kappa shape index (κ1) is 17.8. The molecule has 0 bridgehead atoms. The lowest BCUT2D eigenvalue weighted by Crippen LogP contribution is -2.40. The number of aryl methyl sites for hydroxylation is 3. The van der Waals surface area contributed by atoms with Gasteiger partial charge in [0.1, 0.15) is 5.75 Å². The zero-order valence-corrected chi connectivity index (χ0v) is 14.1. The number of ether oxygens (including phenoxy) is 1. The van der Waals surface area contributed by atoms with Crippen LogP contribution >= 0.6 is 0 Å². The number of methoxy groups -OCH3 is 1. The molecule has 1 unspecified atom stereocenters. The third kappa shape index (κ3) is 3.38. The molecule has 2 nitrogen and oxygen atoms in total. The van der Waals surface area contributed by atoms with E-state index in [1.165, 1.54) is 38.5 Å². The molecule has 4 rings (SSSR count). The van der Waals surface area contributed by atoms with E-state index in [0.29, 0.717) is 11.3 Å². The molecule has 0 saturated heterocycles. The molecule has 0 saturated carbocycles. The van der Waals surface area contributed by atoms with Gasteiger partial charge >= 0.3 is 6.18 Å². The Kier molecular flexibility index (Phi) is 4.78. The standard InChI is InChI=1S/C11H11F3O2.C9H10/c1-16-8-2-3-9-7(6-8)4-5-10(9,15)11(12,13)14;1-2-5-9-7-3-6-8(9)4-1/h2-3,6,15H,4-5H2,1H3;1-2,4-5H,3,6-7H2. The molecule has 0 amide bonds. The minimum Gasteiger partial charge on any atom is -0.497 e. The van der Waals surface area contributed by atoms with Gasteiger partial charge in [0.05, 0.1) is 7.11 Å². The summed E-state index contributed by atoms with van der Waals surface area (Å²) in [5.74, 6) is 0.505. The summed E-state index contributed by atoms with van der Waals surface area (Å²) in [5.41, 5.74) is 0.879. The monoisotopic (exact) mass is 350 g/mol. The van der Waals surface area contributed by atoms with E-state index >= 15 is 0 Å². The number of hydrogen-bond acceptors (Lipinski definition) is 2. The predicted molar refractivity (Wildman–Crippen MR) is 89.7 cm³/mol. The Labute approximate surface area is 145 Å². The zero-order chi connectivity index (χ0) is 18.1. The SMILES string of the molecule is COc1ccc2c(c1)CCC2(O)C(F)(F)F.c1ccc2c(c1)CCC2. The molecule has 5 heteroatoms. The van der Waals surface area contributed by atoms with Gasteiger partial charge in [-0.05, 0) is 66.5 Å². The molecule has 2 aromatic carbocycles. The smallest absolute Gasteiger partial charge is 0.421 e. The summed E-state index contributed by atoms with van der Waals surface area (Å²) >= 11 is 0.